The quantitative estimate of drug-likeness (QED) is 0.722. The highest BCUT2D eigenvalue weighted by atomic mass is 79.9. The van der Waals surface area contributed by atoms with Crippen LogP contribution in [-0.2, 0) is 6.54 Å². The molecule has 3 rings (SSSR count). The maximum atomic E-state index is 13.6. The number of hydrogen-bond acceptors (Lipinski definition) is 2. The van der Waals surface area contributed by atoms with Gasteiger partial charge in [0.1, 0.15) is 16.2 Å². The monoisotopic (exact) mass is 323 g/mol. The van der Waals surface area contributed by atoms with Gasteiger partial charge in [-0.2, -0.15) is 5.10 Å². The summed E-state index contributed by atoms with van der Waals surface area (Å²) in [5.74, 6) is -0.733. The number of aromatic nitrogens is 3. The summed E-state index contributed by atoms with van der Waals surface area (Å²) in [6.45, 7) is 0.243. The molecule has 0 spiro atoms. The van der Waals surface area contributed by atoms with Crippen LogP contribution < -0.4 is 0 Å². The van der Waals surface area contributed by atoms with Crippen LogP contribution in [0.4, 0.5) is 8.78 Å². The number of hydrogen-bond donors (Lipinski definition) is 0. The fourth-order valence-electron chi connectivity index (χ4n) is 1.89. The van der Waals surface area contributed by atoms with Crippen LogP contribution in [0.5, 0.6) is 0 Å². The molecule has 0 amide bonds. The molecule has 0 saturated heterocycles. The van der Waals surface area contributed by atoms with E-state index in [1.807, 2.05) is 0 Å². The van der Waals surface area contributed by atoms with Crippen molar-refractivity contribution in [3.8, 4) is 0 Å². The molecule has 0 N–H and O–H groups in total. The molecule has 0 unspecified atom stereocenters. The molecular formula is C13H8BrF2N3. The van der Waals surface area contributed by atoms with Crippen molar-refractivity contribution in [2.75, 3.05) is 0 Å². The van der Waals surface area contributed by atoms with Crippen molar-refractivity contribution < 1.29 is 8.78 Å². The first-order chi connectivity index (χ1) is 9.15. The molecule has 3 aromatic rings. The first-order valence-electron chi connectivity index (χ1n) is 5.56. The summed E-state index contributed by atoms with van der Waals surface area (Å²) in [6.07, 6.45) is 1.12. The van der Waals surface area contributed by atoms with Crippen LogP contribution in [-0.4, -0.2) is 14.8 Å². The second kappa shape index (κ2) is 4.70. The molecular weight excluding hydrogens is 316 g/mol. The van der Waals surface area contributed by atoms with E-state index < -0.39 is 5.82 Å². The van der Waals surface area contributed by atoms with Crippen LogP contribution in [0, 0.1) is 11.6 Å². The molecule has 0 aliphatic heterocycles. The van der Waals surface area contributed by atoms with Gasteiger partial charge in [0.15, 0.2) is 5.65 Å². The molecule has 0 fully saturated rings. The molecule has 0 atom stereocenters. The van der Waals surface area contributed by atoms with E-state index in [9.17, 15) is 8.78 Å². The minimum absolute atomic E-state index is 0.243. The highest BCUT2D eigenvalue weighted by Gasteiger charge is 2.12. The van der Waals surface area contributed by atoms with Crippen molar-refractivity contribution >= 4 is 27.0 Å². The fraction of sp³-hybridized carbons (Fsp3) is 0.0769. The van der Waals surface area contributed by atoms with Crippen molar-refractivity contribution in [2.24, 2.45) is 0 Å². The van der Waals surface area contributed by atoms with E-state index in [2.05, 4.69) is 26.0 Å². The third-order valence-electron chi connectivity index (χ3n) is 2.79. The Morgan fingerprint density at radius 1 is 1.21 bits per heavy atom. The van der Waals surface area contributed by atoms with Gasteiger partial charge in [-0.15, -0.1) is 0 Å². The first-order valence-corrected chi connectivity index (χ1v) is 6.35. The van der Waals surface area contributed by atoms with E-state index in [4.69, 9.17) is 0 Å². The second-order valence-electron chi connectivity index (χ2n) is 4.06. The fourth-order valence-corrected chi connectivity index (χ4v) is 2.38. The van der Waals surface area contributed by atoms with Gasteiger partial charge in [-0.25, -0.2) is 18.4 Å². The topological polar surface area (TPSA) is 30.7 Å². The van der Waals surface area contributed by atoms with Crippen LogP contribution in [0.3, 0.4) is 0 Å². The molecule has 0 aliphatic rings. The lowest BCUT2D eigenvalue weighted by molar-refractivity contribution is 0.587. The van der Waals surface area contributed by atoms with E-state index in [0.717, 1.165) is 6.20 Å². The van der Waals surface area contributed by atoms with Crippen LogP contribution in [0.15, 0.2) is 41.1 Å². The average molecular weight is 324 g/mol. The predicted molar refractivity (Wildman–Crippen MR) is 70.7 cm³/mol. The second-order valence-corrected chi connectivity index (χ2v) is 4.82. The Bertz CT molecular complexity index is 755. The van der Waals surface area contributed by atoms with E-state index in [1.54, 1.807) is 18.2 Å². The zero-order valence-corrected chi connectivity index (χ0v) is 11.2. The van der Waals surface area contributed by atoms with Gasteiger partial charge in [0.2, 0.25) is 0 Å². The molecule has 0 aliphatic carbocycles. The Hall–Kier alpha value is -1.82. The summed E-state index contributed by atoms with van der Waals surface area (Å²) in [5, 5.41) is 4.77. The summed E-state index contributed by atoms with van der Waals surface area (Å²) in [7, 11) is 0. The van der Waals surface area contributed by atoms with Gasteiger partial charge in [0, 0.05) is 5.56 Å². The van der Waals surface area contributed by atoms with E-state index >= 15 is 0 Å². The van der Waals surface area contributed by atoms with Crippen molar-refractivity contribution in [3.05, 3.63) is 58.3 Å². The van der Waals surface area contributed by atoms with Crippen LogP contribution in [0.2, 0.25) is 0 Å². The van der Waals surface area contributed by atoms with Crippen LogP contribution in [0.25, 0.3) is 11.0 Å². The number of benzene rings is 1. The van der Waals surface area contributed by atoms with Crippen molar-refractivity contribution in [3.63, 3.8) is 0 Å². The highest BCUT2D eigenvalue weighted by molar-refractivity contribution is 9.10. The molecule has 2 aromatic heterocycles. The van der Waals surface area contributed by atoms with Crippen molar-refractivity contribution in [2.45, 2.75) is 6.54 Å². The Kier molecular flexibility index (Phi) is 3.02. The molecule has 0 radical (unpaired) electrons. The third kappa shape index (κ3) is 2.23. The van der Waals surface area contributed by atoms with Gasteiger partial charge in [-0.1, -0.05) is 18.2 Å². The van der Waals surface area contributed by atoms with E-state index in [1.165, 1.54) is 16.8 Å². The number of fused-ring (bicyclic) bond motifs is 1. The van der Waals surface area contributed by atoms with E-state index in [-0.39, 0.29) is 12.4 Å². The van der Waals surface area contributed by atoms with Gasteiger partial charge in [0.05, 0.1) is 18.1 Å². The lowest BCUT2D eigenvalue weighted by Crippen LogP contribution is -2.04. The minimum Gasteiger partial charge on any atom is -0.242 e. The van der Waals surface area contributed by atoms with Crippen molar-refractivity contribution in [1.82, 2.24) is 14.8 Å². The smallest absolute Gasteiger partial charge is 0.159 e. The third-order valence-corrected chi connectivity index (χ3v) is 3.37. The molecule has 19 heavy (non-hydrogen) atoms. The Labute approximate surface area is 116 Å². The van der Waals surface area contributed by atoms with E-state index in [0.29, 0.717) is 21.2 Å². The SMILES string of the molecule is Fc1cnc2c(c1)c(Br)nn2Cc1ccccc1F. The maximum absolute atomic E-state index is 13.6. The largest absolute Gasteiger partial charge is 0.242 e. The molecule has 3 nitrogen and oxygen atoms in total. The van der Waals surface area contributed by atoms with Gasteiger partial charge in [-0.05, 0) is 28.1 Å². The summed E-state index contributed by atoms with van der Waals surface area (Å²) in [5.41, 5.74) is 1.02. The zero-order valence-electron chi connectivity index (χ0n) is 9.65. The molecule has 2 heterocycles. The van der Waals surface area contributed by atoms with Crippen LogP contribution >= 0.6 is 15.9 Å². The molecule has 96 valence electrons. The maximum Gasteiger partial charge on any atom is 0.159 e. The number of rotatable bonds is 2. The van der Waals surface area contributed by atoms with Gasteiger partial charge >= 0.3 is 0 Å². The standard InChI is InChI=1S/C13H8BrF2N3/c14-12-10-5-9(15)6-17-13(10)19(18-12)7-8-3-1-2-4-11(8)16/h1-6H,7H2. The number of halogens is 3. The van der Waals surface area contributed by atoms with Gasteiger partial charge in [0.25, 0.3) is 0 Å². The Balaban J connectivity index is 2.09. The summed E-state index contributed by atoms with van der Waals surface area (Å²) >= 11 is 3.25. The lowest BCUT2D eigenvalue weighted by Gasteiger charge is -2.04. The number of pyridine rings is 1. The summed E-state index contributed by atoms with van der Waals surface area (Å²) in [6, 6.07) is 7.80. The van der Waals surface area contributed by atoms with Crippen LogP contribution in [0.1, 0.15) is 5.56 Å². The molecule has 6 heteroatoms. The summed E-state index contributed by atoms with van der Waals surface area (Å²) in [4.78, 5) is 4.00. The Morgan fingerprint density at radius 2 is 2.00 bits per heavy atom. The molecule has 0 saturated carbocycles. The number of nitrogens with zero attached hydrogens (tertiary/aromatic N) is 3. The first kappa shape index (κ1) is 12.2. The summed E-state index contributed by atoms with van der Waals surface area (Å²) < 4.78 is 28.8. The van der Waals surface area contributed by atoms with Crippen molar-refractivity contribution in [1.29, 1.82) is 0 Å². The lowest BCUT2D eigenvalue weighted by atomic mass is 10.2. The normalized spacial score (nSPS) is 11.1. The highest BCUT2D eigenvalue weighted by Crippen LogP contribution is 2.23. The predicted octanol–water partition coefficient (Wildman–Crippen LogP) is 3.52. The van der Waals surface area contributed by atoms with Gasteiger partial charge < -0.3 is 0 Å². The van der Waals surface area contributed by atoms with Gasteiger partial charge in [-0.3, -0.25) is 0 Å². The zero-order chi connectivity index (χ0) is 13.4. The minimum atomic E-state index is -0.432. The Morgan fingerprint density at radius 3 is 2.79 bits per heavy atom. The average Bonchev–Trinajstić information content (AvgIpc) is 2.69. The molecule has 1 aromatic carbocycles. The molecule has 0 bridgehead atoms.